The van der Waals surface area contributed by atoms with Crippen LogP contribution in [0.3, 0.4) is 0 Å². The van der Waals surface area contributed by atoms with Crippen LogP contribution in [0, 0.1) is 0 Å². The summed E-state index contributed by atoms with van der Waals surface area (Å²) in [7, 11) is -0.230. The van der Waals surface area contributed by atoms with Crippen LogP contribution < -0.4 is 0 Å². The first-order chi connectivity index (χ1) is 3.27. The van der Waals surface area contributed by atoms with E-state index in [-0.39, 0.29) is 15.2 Å². The standard InChI is InChI=1S/C3H7O3P/c4-3(5)1-2-7-6/h6-7H,1-2H2,(H,4,5). The van der Waals surface area contributed by atoms with E-state index in [2.05, 4.69) is 0 Å². The molecule has 0 bridgehead atoms. The Morgan fingerprint density at radius 2 is 2.29 bits per heavy atom. The summed E-state index contributed by atoms with van der Waals surface area (Å²) in [5.74, 6) is -0.846. The van der Waals surface area contributed by atoms with E-state index in [1.165, 1.54) is 0 Å². The first-order valence-electron chi connectivity index (χ1n) is 1.86. The van der Waals surface area contributed by atoms with Gasteiger partial charge in [-0.2, -0.15) is 0 Å². The van der Waals surface area contributed by atoms with Gasteiger partial charge in [-0.1, -0.05) is 0 Å². The van der Waals surface area contributed by atoms with Gasteiger partial charge < -0.3 is 10.00 Å². The molecule has 0 aliphatic heterocycles. The molecule has 0 aromatic carbocycles. The van der Waals surface area contributed by atoms with Gasteiger partial charge in [0.05, 0.1) is 6.42 Å². The van der Waals surface area contributed by atoms with Crippen molar-refractivity contribution in [3.8, 4) is 0 Å². The van der Waals surface area contributed by atoms with Gasteiger partial charge in [0.15, 0.2) is 0 Å². The quantitative estimate of drug-likeness (QED) is 0.520. The number of rotatable bonds is 3. The summed E-state index contributed by atoms with van der Waals surface area (Å²) in [6, 6.07) is 0. The first-order valence-corrected chi connectivity index (χ1v) is 3.01. The van der Waals surface area contributed by atoms with Crippen LogP contribution >= 0.6 is 8.81 Å². The lowest BCUT2D eigenvalue weighted by atomic mass is 10.5. The van der Waals surface area contributed by atoms with Crippen molar-refractivity contribution in [2.45, 2.75) is 6.42 Å². The Bertz CT molecular complexity index is 63.2. The van der Waals surface area contributed by atoms with Gasteiger partial charge in [0.2, 0.25) is 0 Å². The molecule has 42 valence electrons. The third-order valence-electron chi connectivity index (χ3n) is 0.451. The Morgan fingerprint density at radius 1 is 1.71 bits per heavy atom. The van der Waals surface area contributed by atoms with Crippen LogP contribution in [0.1, 0.15) is 6.42 Å². The minimum absolute atomic E-state index is 0.0783. The summed E-state index contributed by atoms with van der Waals surface area (Å²) in [5, 5.41) is 7.94. The number of hydrogen-bond donors (Lipinski definition) is 2. The van der Waals surface area contributed by atoms with Crippen LogP contribution in [0.15, 0.2) is 0 Å². The molecule has 7 heavy (non-hydrogen) atoms. The second kappa shape index (κ2) is 4.03. The number of hydrogen-bond acceptors (Lipinski definition) is 2. The monoisotopic (exact) mass is 122 g/mol. The molecule has 2 N–H and O–H groups in total. The maximum atomic E-state index is 9.65. The number of carboxylic acid groups (broad SMARTS) is 1. The van der Waals surface area contributed by atoms with Gasteiger partial charge in [0.1, 0.15) is 0 Å². The lowest BCUT2D eigenvalue weighted by Crippen LogP contribution is -1.94. The van der Waals surface area contributed by atoms with Gasteiger partial charge >= 0.3 is 5.97 Å². The van der Waals surface area contributed by atoms with Crippen molar-refractivity contribution < 1.29 is 14.8 Å². The van der Waals surface area contributed by atoms with Crippen LogP contribution in [0.4, 0.5) is 0 Å². The molecule has 0 aliphatic carbocycles. The number of aliphatic carboxylic acids is 1. The Morgan fingerprint density at radius 3 is 2.43 bits per heavy atom. The van der Waals surface area contributed by atoms with Gasteiger partial charge in [-0.3, -0.25) is 4.79 Å². The molecular weight excluding hydrogens is 115 g/mol. The van der Waals surface area contributed by atoms with Crippen molar-refractivity contribution >= 4 is 14.8 Å². The molecule has 0 amide bonds. The lowest BCUT2D eigenvalue weighted by Gasteiger charge is -1.85. The molecule has 0 saturated carbocycles. The molecule has 0 spiro atoms. The Kier molecular flexibility index (Phi) is 3.95. The van der Waals surface area contributed by atoms with Crippen LogP contribution in [0.5, 0.6) is 0 Å². The molecule has 0 fully saturated rings. The average molecular weight is 122 g/mol. The molecule has 4 heteroatoms. The van der Waals surface area contributed by atoms with Crippen molar-refractivity contribution in [2.24, 2.45) is 0 Å². The topological polar surface area (TPSA) is 57.5 Å². The molecule has 0 heterocycles. The normalized spacial score (nSPS) is 10.4. The van der Waals surface area contributed by atoms with Gasteiger partial charge in [-0.15, -0.1) is 0 Å². The molecule has 0 aliphatic rings. The fourth-order valence-corrected chi connectivity index (χ4v) is 0.489. The minimum atomic E-state index is -0.846. The predicted octanol–water partition coefficient (Wildman–Crippen LogP) is 0.0469. The summed E-state index contributed by atoms with van der Waals surface area (Å²) in [6.45, 7) is 0. The molecule has 0 aromatic rings. The highest BCUT2D eigenvalue weighted by Crippen LogP contribution is 2.01. The Hall–Kier alpha value is -0.140. The molecule has 0 saturated heterocycles. The number of carboxylic acids is 1. The zero-order valence-corrected chi connectivity index (χ0v) is 4.72. The zero-order chi connectivity index (χ0) is 5.70. The third-order valence-corrected chi connectivity index (χ3v) is 0.924. The second-order valence-electron chi connectivity index (χ2n) is 1.05. The summed E-state index contributed by atoms with van der Waals surface area (Å²) in [6.07, 6.45) is 0.463. The van der Waals surface area contributed by atoms with Crippen LogP contribution in [0.25, 0.3) is 0 Å². The largest absolute Gasteiger partial charge is 0.481 e. The highest BCUT2D eigenvalue weighted by molar-refractivity contribution is 7.31. The van der Waals surface area contributed by atoms with Crippen molar-refractivity contribution in [1.29, 1.82) is 0 Å². The van der Waals surface area contributed by atoms with E-state index < -0.39 is 5.97 Å². The Labute approximate surface area is 43.2 Å². The fourth-order valence-electron chi connectivity index (χ4n) is 0.163. The molecule has 1 unspecified atom stereocenters. The van der Waals surface area contributed by atoms with Crippen molar-refractivity contribution in [3.63, 3.8) is 0 Å². The maximum Gasteiger partial charge on any atom is 0.303 e. The summed E-state index contributed by atoms with van der Waals surface area (Å²) < 4.78 is 0. The van der Waals surface area contributed by atoms with E-state index in [1.807, 2.05) is 0 Å². The van der Waals surface area contributed by atoms with Crippen LogP contribution in [0.2, 0.25) is 0 Å². The minimum Gasteiger partial charge on any atom is -0.481 e. The SMILES string of the molecule is O=C(O)CCPO. The smallest absolute Gasteiger partial charge is 0.303 e. The summed E-state index contributed by atoms with van der Waals surface area (Å²) in [4.78, 5) is 17.7. The van der Waals surface area contributed by atoms with E-state index in [9.17, 15) is 4.79 Å². The van der Waals surface area contributed by atoms with Gasteiger partial charge in [0.25, 0.3) is 0 Å². The van der Waals surface area contributed by atoms with E-state index in [4.69, 9.17) is 10.00 Å². The summed E-state index contributed by atoms with van der Waals surface area (Å²) >= 11 is 0. The second-order valence-corrected chi connectivity index (χ2v) is 1.87. The molecule has 3 nitrogen and oxygen atoms in total. The predicted molar refractivity (Wildman–Crippen MR) is 27.7 cm³/mol. The van der Waals surface area contributed by atoms with E-state index in [1.54, 1.807) is 0 Å². The van der Waals surface area contributed by atoms with Crippen molar-refractivity contribution in [2.75, 3.05) is 6.16 Å². The molecule has 0 aromatic heterocycles. The zero-order valence-electron chi connectivity index (χ0n) is 3.72. The molecular formula is C3H7O3P. The maximum absolute atomic E-state index is 9.65. The van der Waals surface area contributed by atoms with E-state index >= 15 is 0 Å². The average Bonchev–Trinajstić information content (AvgIpc) is 1.61. The van der Waals surface area contributed by atoms with Gasteiger partial charge in [-0.25, -0.2) is 0 Å². The molecule has 0 rings (SSSR count). The fraction of sp³-hybridized carbons (Fsp3) is 0.667. The highest BCUT2D eigenvalue weighted by atomic mass is 31.1. The Balaban J connectivity index is 2.82. The first kappa shape index (κ1) is 6.86. The van der Waals surface area contributed by atoms with E-state index in [0.717, 1.165) is 0 Å². The van der Waals surface area contributed by atoms with Gasteiger partial charge in [-0.05, 0) is 6.16 Å². The van der Waals surface area contributed by atoms with Gasteiger partial charge in [0, 0.05) is 8.81 Å². The van der Waals surface area contributed by atoms with Crippen molar-refractivity contribution in [3.05, 3.63) is 0 Å². The molecule has 0 radical (unpaired) electrons. The third kappa shape index (κ3) is 5.86. The van der Waals surface area contributed by atoms with Crippen LogP contribution in [-0.4, -0.2) is 22.1 Å². The van der Waals surface area contributed by atoms with E-state index in [0.29, 0.717) is 6.16 Å². The summed E-state index contributed by atoms with van der Waals surface area (Å²) in [5.41, 5.74) is 0. The number of carbonyl (C=O) groups is 1. The van der Waals surface area contributed by atoms with Crippen molar-refractivity contribution in [1.82, 2.24) is 0 Å². The lowest BCUT2D eigenvalue weighted by molar-refractivity contribution is -0.136. The molecule has 1 atom stereocenters. The highest BCUT2D eigenvalue weighted by Gasteiger charge is 1.91. The van der Waals surface area contributed by atoms with Crippen LogP contribution in [-0.2, 0) is 4.79 Å².